The SMILES string of the molecule is CC[C@@]1(C(=O)NCC2=CCCCC2)C[C@@H]2CC[C@H]1N2C(=O)c1cc(C)on1. The van der Waals surface area contributed by atoms with Crippen LogP contribution in [0.25, 0.3) is 0 Å². The van der Waals surface area contributed by atoms with Crippen molar-refractivity contribution in [3.63, 3.8) is 0 Å². The van der Waals surface area contributed by atoms with Crippen LogP contribution in [-0.4, -0.2) is 40.5 Å². The second kappa shape index (κ2) is 7.13. The van der Waals surface area contributed by atoms with E-state index in [4.69, 9.17) is 4.52 Å². The summed E-state index contributed by atoms with van der Waals surface area (Å²) in [4.78, 5) is 28.2. The fraction of sp³-hybridized carbons (Fsp3) is 0.667. The molecule has 2 amide bonds. The van der Waals surface area contributed by atoms with Gasteiger partial charge in [-0.2, -0.15) is 0 Å². The van der Waals surface area contributed by atoms with E-state index in [1.165, 1.54) is 18.4 Å². The molecule has 1 aromatic heterocycles. The number of hydrogen-bond donors (Lipinski definition) is 1. The number of aryl methyl sites for hydroxylation is 1. The van der Waals surface area contributed by atoms with Crippen LogP contribution in [0.4, 0.5) is 0 Å². The molecule has 1 N–H and O–H groups in total. The summed E-state index contributed by atoms with van der Waals surface area (Å²) in [6.45, 7) is 4.50. The summed E-state index contributed by atoms with van der Waals surface area (Å²) in [5.74, 6) is 0.639. The average Bonchev–Trinajstić information content (AvgIpc) is 3.39. The summed E-state index contributed by atoms with van der Waals surface area (Å²) < 4.78 is 5.08. The van der Waals surface area contributed by atoms with Crippen LogP contribution in [-0.2, 0) is 4.79 Å². The fourth-order valence-corrected chi connectivity index (χ4v) is 5.31. The molecule has 0 spiro atoms. The molecule has 6 nitrogen and oxygen atoms in total. The highest BCUT2D eigenvalue weighted by Crippen LogP contribution is 2.52. The number of fused-ring (bicyclic) bond motifs is 2. The van der Waals surface area contributed by atoms with Crippen LogP contribution in [0.15, 0.2) is 22.2 Å². The lowest BCUT2D eigenvalue weighted by molar-refractivity contribution is -0.132. The Morgan fingerprint density at radius 3 is 2.89 bits per heavy atom. The molecule has 1 aromatic rings. The molecular formula is C21H29N3O3. The molecule has 0 unspecified atom stereocenters. The lowest BCUT2D eigenvalue weighted by Crippen LogP contribution is -2.50. The Kier molecular flexibility index (Phi) is 4.82. The maximum atomic E-state index is 13.2. The van der Waals surface area contributed by atoms with Crippen LogP contribution in [0, 0.1) is 12.3 Å². The maximum Gasteiger partial charge on any atom is 0.276 e. The summed E-state index contributed by atoms with van der Waals surface area (Å²) in [6, 6.07) is 1.76. The van der Waals surface area contributed by atoms with E-state index in [9.17, 15) is 9.59 Å². The molecule has 27 heavy (non-hydrogen) atoms. The van der Waals surface area contributed by atoms with Crippen molar-refractivity contribution >= 4 is 11.8 Å². The number of amides is 2. The summed E-state index contributed by atoms with van der Waals surface area (Å²) in [6.07, 6.45) is 10.3. The summed E-state index contributed by atoms with van der Waals surface area (Å²) in [7, 11) is 0. The minimum atomic E-state index is -0.480. The first-order valence-corrected chi connectivity index (χ1v) is 10.3. The highest BCUT2D eigenvalue weighted by molar-refractivity contribution is 5.95. The van der Waals surface area contributed by atoms with E-state index in [1.807, 2.05) is 4.90 Å². The quantitative estimate of drug-likeness (QED) is 0.805. The molecule has 3 atom stereocenters. The van der Waals surface area contributed by atoms with Crippen LogP contribution >= 0.6 is 0 Å². The highest BCUT2D eigenvalue weighted by atomic mass is 16.5. The van der Waals surface area contributed by atoms with Crippen molar-refractivity contribution < 1.29 is 14.1 Å². The number of allylic oxidation sites excluding steroid dienone is 1. The van der Waals surface area contributed by atoms with E-state index in [1.54, 1.807) is 13.0 Å². The Morgan fingerprint density at radius 2 is 2.22 bits per heavy atom. The number of rotatable bonds is 5. The molecule has 0 radical (unpaired) electrons. The molecule has 0 aromatic carbocycles. The third-order valence-corrected chi connectivity index (χ3v) is 6.77. The van der Waals surface area contributed by atoms with Crippen LogP contribution < -0.4 is 5.32 Å². The first-order valence-electron chi connectivity index (χ1n) is 10.3. The minimum absolute atomic E-state index is 0.0441. The summed E-state index contributed by atoms with van der Waals surface area (Å²) in [5.41, 5.74) is 1.21. The Labute approximate surface area is 160 Å². The zero-order chi connectivity index (χ0) is 19.0. The Bertz CT molecular complexity index is 768. The van der Waals surface area contributed by atoms with Gasteiger partial charge >= 0.3 is 0 Å². The van der Waals surface area contributed by atoms with Gasteiger partial charge in [0, 0.05) is 24.7 Å². The number of nitrogens with zero attached hydrogens (tertiary/aromatic N) is 2. The molecule has 3 aliphatic rings. The standard InChI is InChI=1S/C21H29N3O3/c1-3-21(20(26)22-13-15-7-5-4-6-8-15)12-16-9-10-18(21)24(16)19(25)17-11-14(2)27-23-17/h7,11,16,18H,3-6,8-10,12-13H2,1-2H3,(H,22,26)/t16-,18+,21+/m0/s1. The van der Waals surface area contributed by atoms with Gasteiger partial charge in [-0.25, -0.2) is 0 Å². The predicted molar refractivity (Wildman–Crippen MR) is 101 cm³/mol. The van der Waals surface area contributed by atoms with E-state index in [0.717, 1.165) is 38.5 Å². The monoisotopic (exact) mass is 371 g/mol. The second-order valence-electron chi connectivity index (χ2n) is 8.29. The van der Waals surface area contributed by atoms with Gasteiger partial charge in [0.05, 0.1) is 5.41 Å². The van der Waals surface area contributed by atoms with Crippen LogP contribution in [0.3, 0.4) is 0 Å². The molecule has 1 aliphatic carbocycles. The lowest BCUT2D eigenvalue weighted by atomic mass is 9.71. The maximum absolute atomic E-state index is 13.2. The molecule has 2 bridgehead atoms. The van der Waals surface area contributed by atoms with Gasteiger partial charge in [0.15, 0.2) is 5.69 Å². The van der Waals surface area contributed by atoms with Gasteiger partial charge in [0.2, 0.25) is 5.91 Å². The molecule has 6 heteroatoms. The van der Waals surface area contributed by atoms with Crippen LogP contribution in [0.2, 0.25) is 0 Å². The van der Waals surface area contributed by atoms with Crippen molar-refractivity contribution in [1.29, 1.82) is 0 Å². The molecular weight excluding hydrogens is 342 g/mol. The summed E-state index contributed by atoms with van der Waals surface area (Å²) >= 11 is 0. The van der Waals surface area contributed by atoms with Crippen LogP contribution in [0.5, 0.6) is 0 Å². The van der Waals surface area contributed by atoms with E-state index in [0.29, 0.717) is 18.0 Å². The number of carbonyl (C=O) groups is 2. The molecule has 2 fully saturated rings. The normalized spacial score (nSPS) is 29.7. The highest BCUT2D eigenvalue weighted by Gasteiger charge is 2.60. The molecule has 0 saturated carbocycles. The van der Waals surface area contributed by atoms with Crippen molar-refractivity contribution in [3.8, 4) is 0 Å². The van der Waals surface area contributed by atoms with Gasteiger partial charge in [0.25, 0.3) is 5.91 Å². The average molecular weight is 371 g/mol. The van der Waals surface area contributed by atoms with Crippen molar-refractivity contribution in [2.45, 2.75) is 77.3 Å². The Hall–Kier alpha value is -2.11. The second-order valence-corrected chi connectivity index (χ2v) is 8.29. The van der Waals surface area contributed by atoms with Crippen molar-refractivity contribution in [1.82, 2.24) is 15.4 Å². The third-order valence-electron chi connectivity index (χ3n) is 6.77. The lowest BCUT2D eigenvalue weighted by Gasteiger charge is -2.35. The molecule has 4 rings (SSSR count). The molecule has 2 aliphatic heterocycles. The number of aromatic nitrogens is 1. The fourth-order valence-electron chi connectivity index (χ4n) is 5.31. The van der Waals surface area contributed by atoms with E-state index < -0.39 is 5.41 Å². The van der Waals surface area contributed by atoms with E-state index >= 15 is 0 Å². The topological polar surface area (TPSA) is 75.4 Å². The molecule has 3 heterocycles. The Morgan fingerprint density at radius 1 is 1.37 bits per heavy atom. The number of hydrogen-bond acceptors (Lipinski definition) is 4. The number of nitrogens with one attached hydrogen (secondary N) is 1. The van der Waals surface area contributed by atoms with Gasteiger partial charge in [0.1, 0.15) is 5.76 Å². The van der Waals surface area contributed by atoms with Crippen LogP contribution in [0.1, 0.15) is 74.5 Å². The summed E-state index contributed by atoms with van der Waals surface area (Å²) in [5, 5.41) is 7.09. The Balaban J connectivity index is 1.50. The van der Waals surface area contributed by atoms with Crippen molar-refractivity contribution in [2.24, 2.45) is 5.41 Å². The third kappa shape index (κ3) is 3.09. The first-order chi connectivity index (χ1) is 13.0. The number of carbonyl (C=O) groups excluding carboxylic acids is 2. The van der Waals surface area contributed by atoms with Gasteiger partial charge in [-0.05, 0) is 58.3 Å². The minimum Gasteiger partial charge on any atom is -0.361 e. The van der Waals surface area contributed by atoms with E-state index in [2.05, 4.69) is 23.5 Å². The van der Waals surface area contributed by atoms with Crippen molar-refractivity contribution in [2.75, 3.05) is 6.54 Å². The van der Waals surface area contributed by atoms with E-state index in [-0.39, 0.29) is 23.9 Å². The first kappa shape index (κ1) is 18.3. The largest absolute Gasteiger partial charge is 0.361 e. The predicted octanol–water partition coefficient (Wildman–Crippen LogP) is 3.37. The molecule has 146 valence electrons. The molecule has 2 saturated heterocycles. The van der Waals surface area contributed by atoms with Gasteiger partial charge in [-0.1, -0.05) is 23.7 Å². The smallest absolute Gasteiger partial charge is 0.276 e. The van der Waals surface area contributed by atoms with Gasteiger partial charge in [-0.3, -0.25) is 9.59 Å². The zero-order valence-corrected chi connectivity index (χ0v) is 16.3. The zero-order valence-electron chi connectivity index (χ0n) is 16.3. The van der Waals surface area contributed by atoms with Gasteiger partial charge < -0.3 is 14.7 Å². The van der Waals surface area contributed by atoms with Gasteiger partial charge in [-0.15, -0.1) is 0 Å². The van der Waals surface area contributed by atoms with Crippen molar-refractivity contribution in [3.05, 3.63) is 29.2 Å².